The molecule has 2 unspecified atom stereocenters. The van der Waals surface area contributed by atoms with Crippen LogP contribution < -0.4 is 0 Å². The van der Waals surface area contributed by atoms with Crippen LogP contribution in [0.3, 0.4) is 0 Å². The molecule has 0 aliphatic heterocycles. The van der Waals surface area contributed by atoms with E-state index in [0.717, 1.165) is 24.1 Å². The molecule has 0 saturated carbocycles. The molecule has 1 aromatic heterocycles. The topological polar surface area (TPSA) is 38.1 Å². The van der Waals surface area contributed by atoms with Crippen LogP contribution in [0.4, 0.5) is 0 Å². The van der Waals surface area contributed by atoms with Gasteiger partial charge in [-0.25, -0.2) is 0 Å². The van der Waals surface area contributed by atoms with E-state index in [-0.39, 0.29) is 5.92 Å². The summed E-state index contributed by atoms with van der Waals surface area (Å²) in [5.41, 5.74) is 1.60. The molecule has 15 heavy (non-hydrogen) atoms. The molecular weight excluding hydrogens is 212 g/mol. The third kappa shape index (κ3) is 2.52. The van der Waals surface area contributed by atoms with Gasteiger partial charge >= 0.3 is 0 Å². The summed E-state index contributed by atoms with van der Waals surface area (Å²) in [5.74, 6) is 0.218. The van der Waals surface area contributed by atoms with Crippen LogP contribution in [0.15, 0.2) is 0 Å². The minimum atomic E-state index is -0.508. The first-order chi connectivity index (χ1) is 6.99. The second-order valence-electron chi connectivity index (χ2n) is 4.12. The molecule has 0 fully saturated rings. The van der Waals surface area contributed by atoms with Crippen LogP contribution in [0.5, 0.6) is 0 Å². The Morgan fingerprint density at radius 2 is 2.13 bits per heavy atom. The van der Waals surface area contributed by atoms with E-state index < -0.39 is 6.10 Å². The van der Waals surface area contributed by atoms with Crippen molar-refractivity contribution in [1.29, 1.82) is 0 Å². The quantitative estimate of drug-likeness (QED) is 0.864. The molecule has 0 bridgehead atoms. The Morgan fingerprint density at radius 1 is 1.53 bits per heavy atom. The van der Waals surface area contributed by atoms with Crippen LogP contribution in [0.25, 0.3) is 0 Å². The van der Waals surface area contributed by atoms with Gasteiger partial charge in [-0.05, 0) is 19.3 Å². The molecule has 0 aromatic carbocycles. The molecule has 4 heteroatoms. The zero-order valence-electron chi connectivity index (χ0n) is 9.79. The minimum Gasteiger partial charge on any atom is -0.388 e. The minimum absolute atomic E-state index is 0.218. The number of aliphatic hydroxyl groups is 1. The number of aryl methyl sites for hydroxylation is 2. The average Bonchev–Trinajstić information content (AvgIpc) is 2.41. The van der Waals surface area contributed by atoms with Gasteiger partial charge in [0.1, 0.15) is 5.15 Å². The van der Waals surface area contributed by atoms with Crippen molar-refractivity contribution in [2.45, 2.75) is 39.7 Å². The van der Waals surface area contributed by atoms with Crippen LogP contribution in [0.1, 0.15) is 44.1 Å². The highest BCUT2D eigenvalue weighted by Crippen LogP contribution is 2.32. The van der Waals surface area contributed by atoms with E-state index in [4.69, 9.17) is 11.6 Å². The van der Waals surface area contributed by atoms with E-state index in [1.165, 1.54) is 0 Å². The van der Waals surface area contributed by atoms with Crippen LogP contribution in [-0.2, 0) is 7.05 Å². The number of rotatable bonds is 4. The summed E-state index contributed by atoms with van der Waals surface area (Å²) in [5, 5.41) is 14.9. The van der Waals surface area contributed by atoms with Crippen molar-refractivity contribution in [3.63, 3.8) is 0 Å². The lowest BCUT2D eigenvalue weighted by Crippen LogP contribution is -2.10. The van der Waals surface area contributed by atoms with Crippen molar-refractivity contribution in [1.82, 2.24) is 9.78 Å². The Balaban J connectivity index is 2.94. The molecule has 0 amide bonds. The standard InChI is InChI=1S/C11H19ClN2O/c1-5-6-7(2)10(15)9-8(3)13-14(4)11(9)12/h7,10,15H,5-6H2,1-4H3. The fourth-order valence-electron chi connectivity index (χ4n) is 1.88. The predicted octanol–water partition coefficient (Wildman–Crippen LogP) is 2.85. The van der Waals surface area contributed by atoms with Gasteiger partial charge in [0.2, 0.25) is 0 Å². The van der Waals surface area contributed by atoms with Crippen LogP contribution in [0.2, 0.25) is 5.15 Å². The molecule has 2 atom stereocenters. The van der Waals surface area contributed by atoms with Gasteiger partial charge in [-0.3, -0.25) is 4.68 Å². The lowest BCUT2D eigenvalue weighted by atomic mass is 9.94. The van der Waals surface area contributed by atoms with Crippen molar-refractivity contribution in [2.75, 3.05) is 0 Å². The molecule has 1 N–H and O–H groups in total. The molecule has 0 aliphatic carbocycles. The highest BCUT2D eigenvalue weighted by Gasteiger charge is 2.23. The maximum absolute atomic E-state index is 10.2. The highest BCUT2D eigenvalue weighted by atomic mass is 35.5. The number of hydrogen-bond donors (Lipinski definition) is 1. The van der Waals surface area contributed by atoms with Crippen molar-refractivity contribution in [3.8, 4) is 0 Å². The van der Waals surface area contributed by atoms with Gasteiger partial charge in [0, 0.05) is 12.6 Å². The molecule has 1 aromatic rings. The third-order valence-electron chi connectivity index (χ3n) is 2.77. The maximum Gasteiger partial charge on any atom is 0.132 e. The molecule has 0 aliphatic rings. The molecule has 0 radical (unpaired) electrons. The summed E-state index contributed by atoms with van der Waals surface area (Å²) in [6, 6.07) is 0. The molecule has 0 saturated heterocycles. The fourth-order valence-corrected chi connectivity index (χ4v) is 2.17. The number of nitrogens with zero attached hydrogens (tertiary/aromatic N) is 2. The van der Waals surface area contributed by atoms with Crippen molar-refractivity contribution in [3.05, 3.63) is 16.4 Å². The summed E-state index contributed by atoms with van der Waals surface area (Å²) in [6.07, 6.45) is 1.55. The summed E-state index contributed by atoms with van der Waals surface area (Å²) >= 11 is 6.09. The number of hydrogen-bond acceptors (Lipinski definition) is 2. The van der Waals surface area contributed by atoms with Gasteiger partial charge in [0.05, 0.1) is 11.8 Å². The van der Waals surface area contributed by atoms with Gasteiger partial charge in [-0.2, -0.15) is 5.10 Å². The number of halogens is 1. The van der Waals surface area contributed by atoms with Gasteiger partial charge in [0.15, 0.2) is 0 Å². The van der Waals surface area contributed by atoms with Crippen LogP contribution in [0, 0.1) is 12.8 Å². The van der Waals surface area contributed by atoms with Gasteiger partial charge in [0.25, 0.3) is 0 Å². The Hall–Kier alpha value is -0.540. The molecule has 86 valence electrons. The highest BCUT2D eigenvalue weighted by molar-refractivity contribution is 6.30. The second kappa shape index (κ2) is 4.99. The molecule has 1 heterocycles. The summed E-state index contributed by atoms with van der Waals surface area (Å²) in [6.45, 7) is 6.03. The number of aliphatic hydroxyl groups excluding tert-OH is 1. The van der Waals surface area contributed by atoms with Crippen molar-refractivity contribution < 1.29 is 5.11 Å². The van der Waals surface area contributed by atoms with Crippen LogP contribution in [-0.4, -0.2) is 14.9 Å². The van der Waals surface area contributed by atoms with Gasteiger partial charge in [-0.1, -0.05) is 31.9 Å². The monoisotopic (exact) mass is 230 g/mol. The van der Waals surface area contributed by atoms with Crippen molar-refractivity contribution in [2.24, 2.45) is 13.0 Å². The van der Waals surface area contributed by atoms with E-state index in [0.29, 0.717) is 5.15 Å². The summed E-state index contributed by atoms with van der Waals surface area (Å²) < 4.78 is 1.61. The normalized spacial score (nSPS) is 15.3. The first-order valence-corrected chi connectivity index (χ1v) is 5.73. The first kappa shape index (κ1) is 12.5. The zero-order valence-corrected chi connectivity index (χ0v) is 10.5. The Kier molecular flexibility index (Phi) is 4.17. The van der Waals surface area contributed by atoms with E-state index in [1.54, 1.807) is 11.7 Å². The Bertz CT molecular complexity index is 336. The lowest BCUT2D eigenvalue weighted by molar-refractivity contribution is 0.112. The maximum atomic E-state index is 10.2. The number of aromatic nitrogens is 2. The zero-order chi connectivity index (χ0) is 11.6. The smallest absolute Gasteiger partial charge is 0.132 e. The van der Waals surface area contributed by atoms with E-state index in [9.17, 15) is 5.11 Å². The SMILES string of the molecule is CCCC(C)C(O)c1c(C)nn(C)c1Cl. The second-order valence-corrected chi connectivity index (χ2v) is 4.48. The molecule has 0 spiro atoms. The van der Waals surface area contributed by atoms with Gasteiger partial charge < -0.3 is 5.11 Å². The molecule has 3 nitrogen and oxygen atoms in total. The van der Waals surface area contributed by atoms with E-state index in [2.05, 4.69) is 12.0 Å². The first-order valence-electron chi connectivity index (χ1n) is 5.36. The Labute approximate surface area is 96.1 Å². The lowest BCUT2D eigenvalue weighted by Gasteiger charge is -2.18. The van der Waals surface area contributed by atoms with E-state index >= 15 is 0 Å². The molecular formula is C11H19ClN2O. The Morgan fingerprint density at radius 3 is 2.53 bits per heavy atom. The predicted molar refractivity (Wildman–Crippen MR) is 62.0 cm³/mol. The van der Waals surface area contributed by atoms with E-state index in [1.807, 2.05) is 13.8 Å². The summed E-state index contributed by atoms with van der Waals surface area (Å²) in [4.78, 5) is 0. The van der Waals surface area contributed by atoms with Crippen LogP contribution >= 0.6 is 11.6 Å². The fraction of sp³-hybridized carbons (Fsp3) is 0.727. The summed E-state index contributed by atoms with van der Waals surface area (Å²) in [7, 11) is 1.79. The van der Waals surface area contributed by atoms with Crippen molar-refractivity contribution >= 4 is 11.6 Å². The van der Waals surface area contributed by atoms with Gasteiger partial charge in [-0.15, -0.1) is 0 Å². The molecule has 1 rings (SSSR count). The largest absolute Gasteiger partial charge is 0.388 e. The third-order valence-corrected chi connectivity index (χ3v) is 3.22. The average molecular weight is 231 g/mol.